The molecule has 2 aromatic carbocycles. The molecular weight excluding hydrogens is 1450 g/mol. The standard InChI is InChI=1S/C77H101FN10O23/c1-3-77(100)56-38-61-70-54(44-87(61)75(98)55(56)45-110-76(77)99)69-58(16-15-53-48(2)57(78)39-59(85-70)68(53)69)86-74(97)71(51-13-14-51)111-47-83-63(90)41-82-73(96)60(37-49-7-5-4-6-8-49)84-64(91)42-80-62(89)40-81-65(92)46-109-36-35-108-34-33-107-32-31-106-30-29-105-28-27-104-26-25-103-24-23-102-22-21-101-20-19-79-72(95)52-11-9-50(10-12-52)43-88-66(93)17-18-67(88)94/h4-8,17-18,38-39,50-52,58,60,71,100H,3,9-16,19-37,40-47H2,1-2H3,(H,79,95)(H,80,89)(H,81,92)(H,82,96)(H,83,90)(H,84,91)(H,86,97)/t50-,52-,58-,60-,71+,77-/m0/s1. The minimum atomic E-state index is -2.06. The molecule has 0 unspecified atom stereocenters. The molecule has 604 valence electrons. The monoisotopic (exact) mass is 1550 g/mol. The molecule has 2 fully saturated rings. The number of pyridine rings is 2. The molecule has 4 atom stereocenters. The highest BCUT2D eigenvalue weighted by Crippen LogP contribution is 2.46. The van der Waals surface area contributed by atoms with Crippen LogP contribution in [0.3, 0.4) is 0 Å². The van der Waals surface area contributed by atoms with Gasteiger partial charge in [0.1, 0.15) is 37.9 Å². The third kappa shape index (κ3) is 24.0. The van der Waals surface area contributed by atoms with E-state index in [4.69, 9.17) is 57.1 Å². The molecule has 111 heavy (non-hydrogen) atoms. The summed E-state index contributed by atoms with van der Waals surface area (Å²) in [6, 6.07) is 9.87. The van der Waals surface area contributed by atoms with Crippen LogP contribution in [0.25, 0.3) is 22.3 Å². The summed E-state index contributed by atoms with van der Waals surface area (Å²) >= 11 is 0. The van der Waals surface area contributed by atoms with Crippen molar-refractivity contribution in [2.24, 2.45) is 17.8 Å². The van der Waals surface area contributed by atoms with Crippen LogP contribution in [0, 0.1) is 30.5 Å². The van der Waals surface area contributed by atoms with E-state index in [-0.39, 0.29) is 99.0 Å². The normalized spacial score (nSPS) is 18.7. The molecular formula is C77H101FN10O23. The first-order valence-electron chi connectivity index (χ1n) is 38.0. The Labute approximate surface area is 641 Å². The second-order valence-electron chi connectivity index (χ2n) is 27.7. The van der Waals surface area contributed by atoms with Gasteiger partial charge >= 0.3 is 5.97 Å². The first-order chi connectivity index (χ1) is 53.8. The zero-order valence-corrected chi connectivity index (χ0v) is 62.8. The number of benzene rings is 2. The van der Waals surface area contributed by atoms with Crippen molar-refractivity contribution in [2.75, 3.05) is 158 Å². The molecule has 34 heteroatoms. The molecule has 2 saturated carbocycles. The summed E-state index contributed by atoms with van der Waals surface area (Å²) in [6.45, 7) is 7.50. The lowest BCUT2D eigenvalue weighted by Crippen LogP contribution is -2.52. The molecule has 3 aliphatic carbocycles. The highest BCUT2D eigenvalue weighted by atomic mass is 19.1. The lowest BCUT2D eigenvalue weighted by atomic mass is 9.81. The van der Waals surface area contributed by atoms with Crippen molar-refractivity contribution in [1.29, 1.82) is 0 Å². The smallest absolute Gasteiger partial charge is 0.343 e. The zero-order chi connectivity index (χ0) is 78.7. The molecule has 0 bridgehead atoms. The average molecular weight is 1550 g/mol. The van der Waals surface area contributed by atoms with Crippen LogP contribution >= 0.6 is 0 Å². The summed E-state index contributed by atoms with van der Waals surface area (Å²) in [5.74, 6) is -5.72. The number of carbonyl (C=O) groups excluding carboxylic acids is 10. The van der Waals surface area contributed by atoms with Crippen molar-refractivity contribution < 1.29 is 110 Å². The van der Waals surface area contributed by atoms with Gasteiger partial charge in [-0.15, -0.1) is 0 Å². The number of imide groups is 1. The molecule has 2 aromatic heterocycles. The van der Waals surface area contributed by atoms with Crippen molar-refractivity contribution in [3.8, 4) is 11.4 Å². The Bertz CT molecular complexity index is 4000. The lowest BCUT2D eigenvalue weighted by Gasteiger charge is -2.31. The Balaban J connectivity index is 0.514. The van der Waals surface area contributed by atoms with Gasteiger partial charge in [0.15, 0.2) is 5.60 Å². The van der Waals surface area contributed by atoms with Crippen LogP contribution < -0.4 is 42.8 Å². The molecule has 4 aromatic rings. The second kappa shape index (κ2) is 42.5. The van der Waals surface area contributed by atoms with Crippen LogP contribution in [-0.2, 0) is 132 Å². The number of esters is 1. The van der Waals surface area contributed by atoms with Crippen LogP contribution in [0.15, 0.2) is 59.4 Å². The number of halogens is 1. The van der Waals surface area contributed by atoms with Gasteiger partial charge in [0.2, 0.25) is 41.4 Å². The van der Waals surface area contributed by atoms with Gasteiger partial charge in [-0.2, -0.15) is 0 Å². The Morgan fingerprint density at radius 3 is 1.81 bits per heavy atom. The predicted molar refractivity (Wildman–Crippen MR) is 392 cm³/mol. The van der Waals surface area contributed by atoms with E-state index in [0.717, 1.165) is 31.2 Å². The highest BCUT2D eigenvalue weighted by molar-refractivity contribution is 6.13. The predicted octanol–water partition coefficient (Wildman–Crippen LogP) is 0.573. The lowest BCUT2D eigenvalue weighted by molar-refractivity contribution is -0.172. The van der Waals surface area contributed by atoms with E-state index < -0.39 is 103 Å². The minimum Gasteiger partial charge on any atom is -0.458 e. The minimum absolute atomic E-state index is 0.00593. The van der Waals surface area contributed by atoms with Gasteiger partial charge in [-0.3, -0.25) is 52.8 Å². The van der Waals surface area contributed by atoms with Crippen LogP contribution in [0.4, 0.5) is 4.39 Å². The number of aryl methyl sites for hydroxylation is 1. The Kier molecular flexibility index (Phi) is 32.3. The molecule has 3 aliphatic heterocycles. The molecule has 9 amide bonds. The summed E-state index contributed by atoms with van der Waals surface area (Å²) in [5, 5.41) is 30.8. The number of nitrogens with zero attached hydrogens (tertiary/aromatic N) is 3. The third-order valence-electron chi connectivity index (χ3n) is 20.1. The Morgan fingerprint density at radius 1 is 0.640 bits per heavy atom. The number of ether oxygens (including phenoxy) is 11. The molecule has 8 N–H and O–H groups in total. The van der Waals surface area contributed by atoms with E-state index in [1.807, 2.05) is 0 Å². The number of cyclic esters (lactones) is 1. The number of hydrogen-bond acceptors (Lipinski definition) is 24. The molecule has 33 nitrogen and oxygen atoms in total. The van der Waals surface area contributed by atoms with Gasteiger partial charge < -0.3 is 99.0 Å². The van der Waals surface area contributed by atoms with Crippen LogP contribution in [0.1, 0.15) is 103 Å². The van der Waals surface area contributed by atoms with E-state index in [1.54, 1.807) is 50.2 Å². The maximum atomic E-state index is 15.6. The van der Waals surface area contributed by atoms with Crippen molar-refractivity contribution in [1.82, 2.24) is 51.7 Å². The SMILES string of the molecule is CC[C@@]1(O)C(=O)OCc2c1cc1n(c2=O)Cc2c-1nc1cc(F)c(C)c3c1c2[C@@H](NC(=O)[C@H](OCNC(=O)CNC(=O)[C@H](Cc1ccccc1)NC(=O)CNC(=O)CNC(=O)COCCOCCOCCOCCOCCOCCOCCOCCOCCNC(=O)[C@H]1CC[C@H](CN2C(=O)C=CC2=O)CC1)C1CC1)CC3. The molecule has 6 aliphatic rings. The largest absolute Gasteiger partial charge is 0.458 e. The number of rotatable bonds is 49. The first kappa shape index (κ1) is 84.4. The number of amides is 9. The van der Waals surface area contributed by atoms with E-state index >= 15 is 4.39 Å². The Morgan fingerprint density at radius 2 is 1.21 bits per heavy atom. The summed E-state index contributed by atoms with van der Waals surface area (Å²) in [4.78, 5) is 149. The zero-order valence-electron chi connectivity index (χ0n) is 62.8. The fraction of sp³-hybridized carbons (Fsp3) is 0.584. The van der Waals surface area contributed by atoms with Gasteiger partial charge in [-0.05, 0) is 105 Å². The quantitative estimate of drug-likeness (QED) is 0.0114. The average Bonchev–Trinajstić information content (AvgIpc) is 1.56. The van der Waals surface area contributed by atoms with Crippen molar-refractivity contribution >= 4 is 70.0 Å². The molecule has 10 rings (SSSR count). The number of hydrogen-bond donors (Lipinski definition) is 8. The highest BCUT2D eigenvalue weighted by Gasteiger charge is 2.47. The molecule has 0 saturated heterocycles. The molecule has 0 radical (unpaired) electrons. The Hall–Kier alpha value is -9.07. The van der Waals surface area contributed by atoms with E-state index in [0.29, 0.717) is 176 Å². The number of aromatic nitrogens is 2. The first-order valence-corrected chi connectivity index (χ1v) is 38.0. The van der Waals surface area contributed by atoms with Gasteiger partial charge in [0, 0.05) is 60.2 Å². The molecule has 0 spiro atoms. The van der Waals surface area contributed by atoms with E-state index in [2.05, 4.69) is 37.2 Å². The van der Waals surface area contributed by atoms with Crippen LogP contribution in [0.5, 0.6) is 0 Å². The number of nitrogens with one attached hydrogen (secondary N) is 7. The summed E-state index contributed by atoms with van der Waals surface area (Å²) in [7, 11) is 0. The van der Waals surface area contributed by atoms with Gasteiger partial charge in [0.05, 0.1) is 167 Å². The molecule has 5 heterocycles. The van der Waals surface area contributed by atoms with Crippen molar-refractivity contribution in [3.63, 3.8) is 0 Å². The summed E-state index contributed by atoms with van der Waals surface area (Å²) < 4.78 is 77.8. The fourth-order valence-corrected chi connectivity index (χ4v) is 13.9. The maximum absolute atomic E-state index is 15.6. The van der Waals surface area contributed by atoms with Crippen molar-refractivity contribution in [2.45, 2.75) is 115 Å². The third-order valence-corrected chi connectivity index (χ3v) is 20.1. The topological polar surface area (TPSA) is 415 Å². The van der Waals surface area contributed by atoms with E-state index in [1.165, 1.54) is 27.7 Å². The van der Waals surface area contributed by atoms with Gasteiger partial charge in [-0.25, -0.2) is 14.2 Å². The van der Waals surface area contributed by atoms with Gasteiger partial charge in [-0.1, -0.05) is 37.3 Å². The van der Waals surface area contributed by atoms with Crippen LogP contribution in [-0.4, -0.2) is 249 Å². The van der Waals surface area contributed by atoms with Crippen molar-refractivity contribution in [3.05, 3.63) is 110 Å². The number of carbonyl (C=O) groups is 10. The van der Waals surface area contributed by atoms with E-state index in [9.17, 15) is 57.8 Å². The number of fused-ring (bicyclic) bond motifs is 5. The van der Waals surface area contributed by atoms with Crippen LogP contribution in [0.2, 0.25) is 0 Å². The number of aliphatic hydroxyl groups is 1. The van der Waals surface area contributed by atoms with Gasteiger partial charge in [0.25, 0.3) is 17.4 Å². The second-order valence-corrected chi connectivity index (χ2v) is 27.7. The fourth-order valence-electron chi connectivity index (χ4n) is 13.9. The summed E-state index contributed by atoms with van der Waals surface area (Å²) in [6.07, 6.45) is 6.75. The maximum Gasteiger partial charge on any atom is 0.343 e. The summed E-state index contributed by atoms with van der Waals surface area (Å²) in [5.41, 5.74) is 1.89.